The van der Waals surface area contributed by atoms with Gasteiger partial charge in [0.15, 0.2) is 0 Å². The van der Waals surface area contributed by atoms with Gasteiger partial charge in [-0.3, -0.25) is 9.59 Å². The van der Waals surface area contributed by atoms with E-state index in [-0.39, 0.29) is 5.91 Å². The molecule has 66 valence electrons. The van der Waals surface area contributed by atoms with Gasteiger partial charge >= 0.3 is 0 Å². The summed E-state index contributed by atoms with van der Waals surface area (Å²) >= 11 is 0. The SMILES string of the molecule is CNC(=O)C1(C(N)=O)CC=CC1. The summed E-state index contributed by atoms with van der Waals surface area (Å²) in [4.78, 5) is 22.4. The Morgan fingerprint density at radius 1 is 1.42 bits per heavy atom. The molecule has 0 saturated heterocycles. The molecule has 2 amide bonds. The first-order chi connectivity index (χ1) is 5.63. The molecule has 1 aliphatic rings. The zero-order valence-corrected chi connectivity index (χ0v) is 6.96. The van der Waals surface area contributed by atoms with E-state index < -0.39 is 11.3 Å². The summed E-state index contributed by atoms with van der Waals surface area (Å²) < 4.78 is 0. The number of hydrogen-bond acceptors (Lipinski definition) is 2. The highest BCUT2D eigenvalue weighted by atomic mass is 16.2. The molecule has 0 saturated carbocycles. The first-order valence-corrected chi connectivity index (χ1v) is 3.80. The molecule has 0 radical (unpaired) electrons. The van der Waals surface area contributed by atoms with E-state index in [2.05, 4.69) is 5.32 Å². The van der Waals surface area contributed by atoms with Crippen molar-refractivity contribution in [1.82, 2.24) is 5.32 Å². The van der Waals surface area contributed by atoms with Crippen molar-refractivity contribution < 1.29 is 9.59 Å². The molecule has 0 aromatic rings. The van der Waals surface area contributed by atoms with E-state index >= 15 is 0 Å². The van der Waals surface area contributed by atoms with Gasteiger partial charge in [0.1, 0.15) is 5.41 Å². The van der Waals surface area contributed by atoms with E-state index in [9.17, 15) is 9.59 Å². The minimum atomic E-state index is -1.02. The molecular weight excluding hydrogens is 156 g/mol. The maximum Gasteiger partial charge on any atom is 0.236 e. The van der Waals surface area contributed by atoms with Crippen molar-refractivity contribution in [2.45, 2.75) is 12.8 Å². The van der Waals surface area contributed by atoms with E-state index in [4.69, 9.17) is 5.73 Å². The van der Waals surface area contributed by atoms with Crippen LogP contribution in [0.25, 0.3) is 0 Å². The number of allylic oxidation sites excluding steroid dienone is 2. The molecule has 0 heterocycles. The monoisotopic (exact) mass is 168 g/mol. The highest BCUT2D eigenvalue weighted by molar-refractivity contribution is 6.05. The van der Waals surface area contributed by atoms with Crippen molar-refractivity contribution in [2.24, 2.45) is 11.1 Å². The van der Waals surface area contributed by atoms with E-state index in [1.807, 2.05) is 0 Å². The van der Waals surface area contributed by atoms with Gasteiger partial charge in [0.25, 0.3) is 0 Å². The van der Waals surface area contributed by atoms with Crippen molar-refractivity contribution in [3.8, 4) is 0 Å². The lowest BCUT2D eigenvalue weighted by molar-refractivity contribution is -0.140. The van der Waals surface area contributed by atoms with Crippen LogP contribution in [0.1, 0.15) is 12.8 Å². The van der Waals surface area contributed by atoms with Crippen LogP contribution in [0.3, 0.4) is 0 Å². The number of rotatable bonds is 2. The summed E-state index contributed by atoms with van der Waals surface area (Å²) in [6, 6.07) is 0. The molecule has 0 spiro atoms. The molecule has 12 heavy (non-hydrogen) atoms. The topological polar surface area (TPSA) is 72.2 Å². The van der Waals surface area contributed by atoms with Crippen molar-refractivity contribution in [2.75, 3.05) is 7.05 Å². The Labute approximate surface area is 70.8 Å². The smallest absolute Gasteiger partial charge is 0.236 e. The van der Waals surface area contributed by atoms with Gasteiger partial charge in [-0.15, -0.1) is 0 Å². The lowest BCUT2D eigenvalue weighted by Gasteiger charge is -2.22. The number of nitrogens with one attached hydrogen (secondary N) is 1. The zero-order valence-electron chi connectivity index (χ0n) is 6.96. The van der Waals surface area contributed by atoms with Gasteiger partial charge < -0.3 is 11.1 Å². The molecule has 0 unspecified atom stereocenters. The number of carbonyl (C=O) groups excluding carboxylic acids is 2. The first kappa shape index (κ1) is 8.77. The third-order valence-corrected chi connectivity index (χ3v) is 2.23. The average molecular weight is 168 g/mol. The van der Waals surface area contributed by atoms with E-state index in [0.717, 1.165) is 0 Å². The van der Waals surface area contributed by atoms with Crippen molar-refractivity contribution in [1.29, 1.82) is 0 Å². The molecule has 0 fully saturated rings. The van der Waals surface area contributed by atoms with Gasteiger partial charge in [0.2, 0.25) is 11.8 Å². The minimum Gasteiger partial charge on any atom is -0.369 e. The molecule has 0 aromatic carbocycles. The molecule has 3 N–H and O–H groups in total. The Kier molecular flexibility index (Phi) is 2.17. The Bertz CT molecular complexity index is 237. The fourth-order valence-corrected chi connectivity index (χ4v) is 1.39. The van der Waals surface area contributed by atoms with Crippen LogP contribution in [0.15, 0.2) is 12.2 Å². The number of primary amides is 1. The van der Waals surface area contributed by atoms with E-state index in [1.165, 1.54) is 7.05 Å². The van der Waals surface area contributed by atoms with Gasteiger partial charge in [-0.1, -0.05) is 12.2 Å². The molecule has 0 aliphatic heterocycles. The number of nitrogens with two attached hydrogens (primary N) is 1. The van der Waals surface area contributed by atoms with Crippen LogP contribution >= 0.6 is 0 Å². The third-order valence-electron chi connectivity index (χ3n) is 2.23. The molecule has 1 aliphatic carbocycles. The van der Waals surface area contributed by atoms with Crippen LogP contribution < -0.4 is 11.1 Å². The van der Waals surface area contributed by atoms with Gasteiger partial charge in [0, 0.05) is 7.05 Å². The molecule has 4 heteroatoms. The quantitative estimate of drug-likeness (QED) is 0.433. The lowest BCUT2D eigenvalue weighted by atomic mass is 9.83. The van der Waals surface area contributed by atoms with Crippen molar-refractivity contribution in [3.05, 3.63) is 12.2 Å². The molecule has 4 nitrogen and oxygen atoms in total. The van der Waals surface area contributed by atoms with Crippen molar-refractivity contribution >= 4 is 11.8 Å². The minimum absolute atomic E-state index is 0.292. The van der Waals surface area contributed by atoms with Crippen molar-refractivity contribution in [3.63, 3.8) is 0 Å². The van der Waals surface area contributed by atoms with Gasteiger partial charge in [-0.25, -0.2) is 0 Å². The predicted molar refractivity (Wildman–Crippen MR) is 44.1 cm³/mol. The van der Waals surface area contributed by atoms with E-state index in [0.29, 0.717) is 12.8 Å². The molecule has 0 bridgehead atoms. The maximum atomic E-state index is 11.3. The van der Waals surface area contributed by atoms with E-state index in [1.54, 1.807) is 12.2 Å². The zero-order chi connectivity index (χ0) is 9.19. The summed E-state index contributed by atoms with van der Waals surface area (Å²) in [5.74, 6) is -0.841. The summed E-state index contributed by atoms with van der Waals surface area (Å²) in [6.07, 6.45) is 4.45. The number of amides is 2. The Hall–Kier alpha value is -1.32. The molecule has 0 atom stereocenters. The van der Waals surface area contributed by atoms with Crippen LogP contribution in [-0.2, 0) is 9.59 Å². The highest BCUT2D eigenvalue weighted by Gasteiger charge is 2.43. The van der Waals surface area contributed by atoms with Gasteiger partial charge in [0.05, 0.1) is 0 Å². The number of carbonyl (C=O) groups is 2. The largest absolute Gasteiger partial charge is 0.369 e. The average Bonchev–Trinajstić information content (AvgIpc) is 2.52. The van der Waals surface area contributed by atoms with Crippen LogP contribution in [0, 0.1) is 5.41 Å². The molecular formula is C8H12N2O2. The predicted octanol–water partition coefficient (Wildman–Crippen LogP) is -0.446. The standard InChI is InChI=1S/C8H12N2O2/c1-10-7(12)8(6(9)11)4-2-3-5-8/h2-3H,4-5H2,1H3,(H2,9,11)(H,10,12). The second-order valence-electron chi connectivity index (χ2n) is 2.91. The normalized spacial score (nSPS) is 19.1. The van der Waals surface area contributed by atoms with Gasteiger partial charge in [-0.2, -0.15) is 0 Å². The van der Waals surface area contributed by atoms with Crippen LogP contribution in [-0.4, -0.2) is 18.9 Å². The molecule has 0 aromatic heterocycles. The second-order valence-corrected chi connectivity index (χ2v) is 2.91. The summed E-state index contributed by atoms with van der Waals surface area (Å²) in [5.41, 5.74) is 4.15. The van der Waals surface area contributed by atoms with Crippen LogP contribution in [0.5, 0.6) is 0 Å². The fraction of sp³-hybridized carbons (Fsp3) is 0.500. The second kappa shape index (κ2) is 2.97. The molecule has 1 rings (SSSR count). The maximum absolute atomic E-state index is 11.3. The third kappa shape index (κ3) is 1.09. The van der Waals surface area contributed by atoms with Crippen LogP contribution in [0.2, 0.25) is 0 Å². The van der Waals surface area contributed by atoms with Crippen LogP contribution in [0.4, 0.5) is 0 Å². The Morgan fingerprint density at radius 2 is 1.92 bits per heavy atom. The fourth-order valence-electron chi connectivity index (χ4n) is 1.39. The lowest BCUT2D eigenvalue weighted by Crippen LogP contribution is -2.47. The summed E-state index contributed by atoms with van der Waals surface area (Å²) in [6.45, 7) is 0. The summed E-state index contributed by atoms with van der Waals surface area (Å²) in [5, 5.41) is 2.45. The van der Waals surface area contributed by atoms with Gasteiger partial charge in [-0.05, 0) is 12.8 Å². The number of hydrogen-bond donors (Lipinski definition) is 2. The Morgan fingerprint density at radius 3 is 2.25 bits per heavy atom. The summed E-state index contributed by atoms with van der Waals surface area (Å²) in [7, 11) is 1.51. The Balaban J connectivity index is 2.88. The first-order valence-electron chi connectivity index (χ1n) is 3.80. The highest BCUT2D eigenvalue weighted by Crippen LogP contribution is 2.32.